The highest BCUT2D eigenvalue weighted by atomic mass is 16.5. The van der Waals surface area contributed by atoms with Crippen LogP contribution in [-0.4, -0.2) is 33.1 Å². The molecule has 0 saturated carbocycles. The third kappa shape index (κ3) is 4.07. The SMILES string of the molecule is CCC(CC)C1/C(=C(/O)c2ccc(CO)cc2)C(=O)C(=O)N1c1ccc(-c2ccon2)cc1. The number of aromatic nitrogens is 1. The quantitative estimate of drug-likeness (QED) is 0.314. The molecule has 1 amide bonds. The summed E-state index contributed by atoms with van der Waals surface area (Å²) in [7, 11) is 0. The highest BCUT2D eigenvalue weighted by Gasteiger charge is 2.48. The number of hydrogen-bond acceptors (Lipinski definition) is 6. The molecule has 1 saturated heterocycles. The zero-order valence-electron chi connectivity index (χ0n) is 18.6. The van der Waals surface area contributed by atoms with Gasteiger partial charge in [0.2, 0.25) is 0 Å². The molecule has 0 bridgehead atoms. The molecule has 1 aromatic heterocycles. The second-order valence-corrected chi connectivity index (χ2v) is 8.07. The lowest BCUT2D eigenvalue weighted by molar-refractivity contribution is -0.132. The van der Waals surface area contributed by atoms with Gasteiger partial charge in [-0.1, -0.05) is 68.2 Å². The van der Waals surface area contributed by atoms with Crippen molar-refractivity contribution >= 4 is 23.1 Å². The lowest BCUT2D eigenvalue weighted by Crippen LogP contribution is -2.39. The third-order valence-electron chi connectivity index (χ3n) is 6.27. The number of aliphatic hydroxyl groups excluding tert-OH is 2. The van der Waals surface area contributed by atoms with Crippen molar-refractivity contribution in [3.63, 3.8) is 0 Å². The molecule has 1 aliphatic rings. The van der Waals surface area contributed by atoms with Crippen molar-refractivity contribution in [1.82, 2.24) is 5.16 Å². The van der Waals surface area contributed by atoms with Crippen LogP contribution < -0.4 is 4.90 Å². The van der Waals surface area contributed by atoms with Gasteiger partial charge in [-0.25, -0.2) is 0 Å². The molecule has 3 aromatic rings. The Kier molecular flexibility index (Phi) is 6.42. The minimum absolute atomic E-state index is 0.0236. The van der Waals surface area contributed by atoms with E-state index in [1.54, 1.807) is 42.5 Å². The maximum absolute atomic E-state index is 13.2. The first-order valence-corrected chi connectivity index (χ1v) is 11.0. The predicted octanol–water partition coefficient (Wildman–Crippen LogP) is 4.52. The molecule has 0 spiro atoms. The number of Topliss-reactive ketones (excluding diaryl/α,β-unsaturated/α-hetero) is 1. The van der Waals surface area contributed by atoms with E-state index < -0.39 is 17.7 Å². The topological polar surface area (TPSA) is 104 Å². The van der Waals surface area contributed by atoms with Crippen LogP contribution in [0, 0.1) is 5.92 Å². The van der Waals surface area contributed by atoms with E-state index in [2.05, 4.69) is 5.16 Å². The molecule has 1 aliphatic heterocycles. The number of ketones is 1. The van der Waals surface area contributed by atoms with Crippen molar-refractivity contribution < 1.29 is 24.3 Å². The fourth-order valence-corrected chi connectivity index (χ4v) is 4.40. The maximum Gasteiger partial charge on any atom is 0.299 e. The van der Waals surface area contributed by atoms with Crippen LogP contribution in [0.5, 0.6) is 0 Å². The summed E-state index contributed by atoms with van der Waals surface area (Å²) < 4.78 is 4.90. The summed E-state index contributed by atoms with van der Waals surface area (Å²) in [6, 6.07) is 15.0. The Morgan fingerprint density at radius 3 is 2.24 bits per heavy atom. The molecule has 7 nitrogen and oxygen atoms in total. The van der Waals surface area contributed by atoms with Gasteiger partial charge in [0, 0.05) is 22.9 Å². The summed E-state index contributed by atoms with van der Waals surface area (Å²) in [5, 5.41) is 24.3. The van der Waals surface area contributed by atoms with Crippen LogP contribution in [0.25, 0.3) is 17.0 Å². The monoisotopic (exact) mass is 446 g/mol. The van der Waals surface area contributed by atoms with Gasteiger partial charge in [-0.15, -0.1) is 0 Å². The van der Waals surface area contributed by atoms with Crippen LogP contribution in [-0.2, 0) is 16.2 Å². The fourth-order valence-electron chi connectivity index (χ4n) is 4.40. The van der Waals surface area contributed by atoms with Crippen molar-refractivity contribution in [2.75, 3.05) is 4.90 Å². The fraction of sp³-hybridized carbons (Fsp3) is 0.269. The number of carbonyl (C=O) groups excluding carboxylic acids is 2. The second kappa shape index (κ2) is 9.42. The molecular formula is C26H26N2O5. The Morgan fingerprint density at radius 2 is 1.70 bits per heavy atom. The van der Waals surface area contributed by atoms with Crippen molar-refractivity contribution in [1.29, 1.82) is 0 Å². The summed E-state index contributed by atoms with van der Waals surface area (Å²) in [5.41, 5.74) is 3.32. The number of nitrogens with zero attached hydrogens (tertiary/aromatic N) is 2. The summed E-state index contributed by atoms with van der Waals surface area (Å²) in [4.78, 5) is 27.8. The van der Waals surface area contributed by atoms with Gasteiger partial charge in [0.25, 0.3) is 11.7 Å². The summed E-state index contributed by atoms with van der Waals surface area (Å²) in [6.07, 6.45) is 2.95. The van der Waals surface area contributed by atoms with Gasteiger partial charge in [-0.05, 0) is 23.6 Å². The Morgan fingerprint density at radius 1 is 1.03 bits per heavy atom. The largest absolute Gasteiger partial charge is 0.507 e. The van der Waals surface area contributed by atoms with Crippen molar-refractivity contribution in [2.45, 2.75) is 39.3 Å². The van der Waals surface area contributed by atoms with Crippen molar-refractivity contribution in [2.24, 2.45) is 5.92 Å². The predicted molar refractivity (Wildman–Crippen MR) is 124 cm³/mol. The van der Waals surface area contributed by atoms with Crippen LogP contribution >= 0.6 is 0 Å². The first kappa shape index (κ1) is 22.5. The molecule has 2 heterocycles. The minimum Gasteiger partial charge on any atom is -0.507 e. The average Bonchev–Trinajstić information content (AvgIpc) is 3.47. The van der Waals surface area contributed by atoms with E-state index in [-0.39, 0.29) is 23.9 Å². The molecular weight excluding hydrogens is 420 g/mol. The molecule has 1 fully saturated rings. The highest BCUT2D eigenvalue weighted by Crippen LogP contribution is 2.39. The Bertz CT molecular complexity index is 1160. The Balaban J connectivity index is 1.80. The molecule has 7 heteroatoms. The van der Waals surface area contributed by atoms with E-state index in [1.807, 2.05) is 26.0 Å². The Hall–Kier alpha value is -3.71. The molecule has 33 heavy (non-hydrogen) atoms. The number of benzene rings is 2. The van der Waals surface area contributed by atoms with Gasteiger partial charge in [-0.3, -0.25) is 14.5 Å². The van der Waals surface area contributed by atoms with Crippen LogP contribution in [0.1, 0.15) is 37.8 Å². The van der Waals surface area contributed by atoms with Gasteiger partial charge < -0.3 is 14.7 Å². The van der Waals surface area contributed by atoms with Gasteiger partial charge >= 0.3 is 0 Å². The van der Waals surface area contributed by atoms with E-state index in [0.717, 1.165) is 18.4 Å². The standard InChI is InChI=1S/C26H26N2O5/c1-3-17(4-2)23-22(24(30)19-7-5-16(15-29)6-8-19)25(31)26(32)28(23)20-11-9-18(10-12-20)21-13-14-33-27-21/h5-14,17,23,29-30H,3-4,15H2,1-2H3/b24-22-. The normalized spacial score (nSPS) is 17.8. The minimum atomic E-state index is -0.698. The average molecular weight is 447 g/mol. The van der Waals surface area contributed by atoms with E-state index in [0.29, 0.717) is 22.5 Å². The van der Waals surface area contributed by atoms with Crippen molar-refractivity contribution in [3.8, 4) is 11.3 Å². The molecule has 0 radical (unpaired) electrons. The zero-order chi connectivity index (χ0) is 23.5. The van der Waals surface area contributed by atoms with Crippen LogP contribution in [0.4, 0.5) is 5.69 Å². The Labute approximate surface area is 192 Å². The zero-order valence-corrected chi connectivity index (χ0v) is 18.6. The van der Waals surface area contributed by atoms with E-state index >= 15 is 0 Å². The number of hydrogen-bond donors (Lipinski definition) is 2. The maximum atomic E-state index is 13.2. The number of amides is 1. The number of rotatable bonds is 7. The van der Waals surface area contributed by atoms with E-state index in [1.165, 1.54) is 11.2 Å². The number of anilines is 1. The van der Waals surface area contributed by atoms with Crippen LogP contribution in [0.15, 0.2) is 71.0 Å². The lowest BCUT2D eigenvalue weighted by atomic mass is 9.87. The lowest BCUT2D eigenvalue weighted by Gasteiger charge is -2.31. The molecule has 4 rings (SSSR count). The van der Waals surface area contributed by atoms with Crippen LogP contribution in [0.2, 0.25) is 0 Å². The third-order valence-corrected chi connectivity index (χ3v) is 6.27. The summed E-state index contributed by atoms with van der Waals surface area (Å²) >= 11 is 0. The van der Waals surface area contributed by atoms with E-state index in [4.69, 9.17) is 4.52 Å². The molecule has 2 aromatic carbocycles. The van der Waals surface area contributed by atoms with E-state index in [9.17, 15) is 19.8 Å². The molecule has 0 aliphatic carbocycles. The van der Waals surface area contributed by atoms with Gasteiger partial charge in [0.15, 0.2) is 0 Å². The highest BCUT2D eigenvalue weighted by molar-refractivity contribution is 6.51. The van der Waals surface area contributed by atoms with Crippen LogP contribution in [0.3, 0.4) is 0 Å². The molecule has 2 N–H and O–H groups in total. The van der Waals surface area contributed by atoms with Gasteiger partial charge in [0.05, 0.1) is 18.2 Å². The first-order chi connectivity index (χ1) is 16.0. The van der Waals surface area contributed by atoms with Gasteiger partial charge in [0.1, 0.15) is 17.7 Å². The number of aliphatic hydroxyl groups is 2. The van der Waals surface area contributed by atoms with Gasteiger partial charge in [-0.2, -0.15) is 0 Å². The number of carbonyl (C=O) groups is 2. The summed E-state index contributed by atoms with van der Waals surface area (Å²) in [6.45, 7) is 3.90. The first-order valence-electron chi connectivity index (χ1n) is 11.0. The molecule has 170 valence electrons. The molecule has 1 unspecified atom stereocenters. The molecule has 1 atom stereocenters. The van der Waals surface area contributed by atoms with Crippen molar-refractivity contribution in [3.05, 3.63) is 77.6 Å². The second-order valence-electron chi connectivity index (χ2n) is 8.07. The smallest absolute Gasteiger partial charge is 0.299 e. The summed E-state index contributed by atoms with van der Waals surface area (Å²) in [5.74, 6) is -1.58.